The number of benzene rings is 3. The van der Waals surface area contributed by atoms with Crippen molar-refractivity contribution < 1.29 is 14.3 Å². The molecule has 0 aliphatic heterocycles. The summed E-state index contributed by atoms with van der Waals surface area (Å²) in [5.41, 5.74) is 3.13. The molecule has 1 atom stereocenters. The van der Waals surface area contributed by atoms with Crippen LogP contribution in [0.5, 0.6) is 5.75 Å². The van der Waals surface area contributed by atoms with Crippen LogP contribution in [0.4, 0.5) is 0 Å². The van der Waals surface area contributed by atoms with Gasteiger partial charge in [0, 0.05) is 11.4 Å². The molecule has 0 fully saturated rings. The van der Waals surface area contributed by atoms with Gasteiger partial charge in [-0.1, -0.05) is 65.9 Å². The lowest BCUT2D eigenvalue weighted by Crippen LogP contribution is -2.44. The topological polar surface area (TPSA) is 89.4 Å². The Hall–Kier alpha value is -4.50. The molecule has 2 heterocycles. The second-order valence-electron chi connectivity index (χ2n) is 8.94. The summed E-state index contributed by atoms with van der Waals surface area (Å²) >= 11 is 1.54. The average molecular weight is 540 g/mol. The van der Waals surface area contributed by atoms with E-state index in [-0.39, 0.29) is 24.9 Å². The average Bonchev–Trinajstić information content (AvgIpc) is 3.63. The Morgan fingerprint density at radius 2 is 1.74 bits per heavy atom. The summed E-state index contributed by atoms with van der Waals surface area (Å²) in [6.07, 6.45) is 0. The standard InChI is InChI=1S/C30H29N5O3S/c1-2-38-24-16-14-23(15-17-24)29(30(37)31-19-22-9-4-3-5-10-22)34(20-25-11-8-18-39-25)28(36)21-35-27-13-7-6-12-26(27)32-33-35/h3-18,29H,2,19-21H2,1H3,(H,31,37). The van der Waals surface area contributed by atoms with Gasteiger partial charge in [0.1, 0.15) is 23.9 Å². The summed E-state index contributed by atoms with van der Waals surface area (Å²) < 4.78 is 7.19. The number of thiophene rings is 1. The van der Waals surface area contributed by atoms with Crippen LogP contribution in [0.1, 0.15) is 29.0 Å². The van der Waals surface area contributed by atoms with Crippen LogP contribution in [-0.2, 0) is 29.2 Å². The molecule has 5 aromatic rings. The molecule has 1 unspecified atom stereocenters. The van der Waals surface area contributed by atoms with Crippen molar-refractivity contribution in [3.8, 4) is 5.75 Å². The number of rotatable bonds is 11. The highest BCUT2D eigenvalue weighted by Gasteiger charge is 2.32. The molecule has 5 rings (SSSR count). The van der Waals surface area contributed by atoms with E-state index < -0.39 is 6.04 Å². The van der Waals surface area contributed by atoms with Crippen LogP contribution >= 0.6 is 11.3 Å². The number of hydrogen-bond acceptors (Lipinski definition) is 6. The Bertz CT molecular complexity index is 1520. The zero-order valence-corrected chi connectivity index (χ0v) is 22.4. The van der Waals surface area contributed by atoms with Crippen molar-refractivity contribution >= 4 is 34.2 Å². The van der Waals surface area contributed by atoms with Gasteiger partial charge in [-0.3, -0.25) is 9.59 Å². The van der Waals surface area contributed by atoms with Crippen LogP contribution in [0, 0.1) is 0 Å². The number of carbonyl (C=O) groups is 2. The molecule has 2 amide bonds. The van der Waals surface area contributed by atoms with E-state index in [2.05, 4.69) is 15.6 Å². The lowest BCUT2D eigenvalue weighted by molar-refractivity contribution is -0.142. The number of para-hydroxylation sites is 1. The largest absolute Gasteiger partial charge is 0.494 e. The normalized spacial score (nSPS) is 11.7. The highest BCUT2D eigenvalue weighted by atomic mass is 32.1. The summed E-state index contributed by atoms with van der Waals surface area (Å²) in [6, 6.07) is 27.6. The predicted molar refractivity (Wildman–Crippen MR) is 151 cm³/mol. The molecular weight excluding hydrogens is 510 g/mol. The third-order valence-electron chi connectivity index (χ3n) is 6.31. The Morgan fingerprint density at radius 1 is 0.974 bits per heavy atom. The quantitative estimate of drug-likeness (QED) is 0.256. The zero-order chi connectivity index (χ0) is 27.0. The fraction of sp³-hybridized carbons (Fsp3) is 0.200. The lowest BCUT2D eigenvalue weighted by Gasteiger charge is -2.31. The van der Waals surface area contributed by atoms with Crippen molar-refractivity contribution in [2.75, 3.05) is 6.61 Å². The number of hydrogen-bond donors (Lipinski definition) is 1. The monoisotopic (exact) mass is 539 g/mol. The van der Waals surface area contributed by atoms with E-state index in [1.54, 1.807) is 20.9 Å². The molecular formula is C30H29N5O3S. The van der Waals surface area contributed by atoms with Gasteiger partial charge < -0.3 is 15.0 Å². The smallest absolute Gasteiger partial charge is 0.247 e. The maximum absolute atomic E-state index is 14.0. The zero-order valence-electron chi connectivity index (χ0n) is 21.6. The molecule has 39 heavy (non-hydrogen) atoms. The van der Waals surface area contributed by atoms with Crippen LogP contribution in [-0.4, -0.2) is 38.3 Å². The molecule has 9 heteroatoms. The maximum Gasteiger partial charge on any atom is 0.247 e. The Balaban J connectivity index is 1.49. The van der Waals surface area contributed by atoms with Gasteiger partial charge >= 0.3 is 0 Å². The molecule has 1 N–H and O–H groups in total. The molecule has 0 aliphatic rings. The van der Waals surface area contributed by atoms with Crippen molar-refractivity contribution in [2.45, 2.75) is 32.6 Å². The molecule has 2 aromatic heterocycles. The minimum atomic E-state index is -0.867. The van der Waals surface area contributed by atoms with E-state index in [9.17, 15) is 9.59 Å². The first-order chi connectivity index (χ1) is 19.1. The van der Waals surface area contributed by atoms with Gasteiger partial charge in [0.15, 0.2) is 0 Å². The fourth-order valence-electron chi connectivity index (χ4n) is 4.41. The molecule has 0 saturated carbocycles. The van der Waals surface area contributed by atoms with Gasteiger partial charge in [-0.05, 0) is 53.8 Å². The molecule has 0 spiro atoms. The van der Waals surface area contributed by atoms with Crippen molar-refractivity contribution in [1.29, 1.82) is 0 Å². The van der Waals surface area contributed by atoms with E-state index in [1.165, 1.54) is 0 Å². The van der Waals surface area contributed by atoms with Crippen LogP contribution < -0.4 is 10.1 Å². The number of amides is 2. The van der Waals surface area contributed by atoms with Crippen molar-refractivity contribution in [1.82, 2.24) is 25.2 Å². The molecule has 0 radical (unpaired) electrons. The maximum atomic E-state index is 14.0. The van der Waals surface area contributed by atoms with E-state index in [0.717, 1.165) is 16.0 Å². The van der Waals surface area contributed by atoms with Crippen molar-refractivity contribution in [2.24, 2.45) is 0 Å². The summed E-state index contributed by atoms with van der Waals surface area (Å²) in [7, 11) is 0. The van der Waals surface area contributed by atoms with E-state index in [4.69, 9.17) is 4.74 Å². The highest BCUT2D eigenvalue weighted by molar-refractivity contribution is 7.09. The number of aromatic nitrogens is 3. The first-order valence-corrected chi connectivity index (χ1v) is 13.6. The van der Waals surface area contributed by atoms with Crippen molar-refractivity contribution in [3.05, 3.63) is 112 Å². The van der Waals surface area contributed by atoms with E-state index in [0.29, 0.717) is 30.0 Å². The first kappa shape index (κ1) is 26.1. The van der Waals surface area contributed by atoms with E-state index >= 15 is 0 Å². The minimum Gasteiger partial charge on any atom is -0.494 e. The number of carbonyl (C=O) groups excluding carboxylic acids is 2. The van der Waals surface area contributed by atoms with E-state index in [1.807, 2.05) is 103 Å². The first-order valence-electron chi connectivity index (χ1n) is 12.8. The van der Waals surface area contributed by atoms with Crippen LogP contribution in [0.15, 0.2) is 96.4 Å². The SMILES string of the molecule is CCOc1ccc(C(C(=O)NCc2ccccc2)N(Cc2cccs2)C(=O)Cn2nnc3ccccc32)cc1. The summed E-state index contributed by atoms with van der Waals surface area (Å²) in [4.78, 5) is 30.4. The Morgan fingerprint density at radius 3 is 2.49 bits per heavy atom. The number of nitrogens with one attached hydrogen (secondary N) is 1. The van der Waals surface area contributed by atoms with Gasteiger partial charge in [-0.15, -0.1) is 16.4 Å². The molecule has 0 saturated heterocycles. The third-order valence-corrected chi connectivity index (χ3v) is 7.17. The van der Waals surface area contributed by atoms with Gasteiger partial charge in [0.05, 0.1) is 18.7 Å². The second-order valence-corrected chi connectivity index (χ2v) is 9.98. The summed E-state index contributed by atoms with van der Waals surface area (Å²) in [5.74, 6) is 0.194. The number of fused-ring (bicyclic) bond motifs is 1. The minimum absolute atomic E-state index is 0.0502. The van der Waals surface area contributed by atoms with Crippen LogP contribution in [0.3, 0.4) is 0 Å². The van der Waals surface area contributed by atoms with Crippen LogP contribution in [0.2, 0.25) is 0 Å². The molecule has 0 aliphatic carbocycles. The third kappa shape index (κ3) is 6.32. The van der Waals surface area contributed by atoms with Gasteiger partial charge in [0.25, 0.3) is 0 Å². The Kier molecular flexibility index (Phi) is 8.28. The fourth-order valence-corrected chi connectivity index (χ4v) is 5.12. The molecule has 198 valence electrons. The van der Waals surface area contributed by atoms with Crippen molar-refractivity contribution in [3.63, 3.8) is 0 Å². The van der Waals surface area contributed by atoms with Crippen LogP contribution in [0.25, 0.3) is 11.0 Å². The number of nitrogens with zero attached hydrogens (tertiary/aromatic N) is 4. The molecule has 8 nitrogen and oxygen atoms in total. The summed E-state index contributed by atoms with van der Waals surface area (Å²) in [6.45, 7) is 3.03. The lowest BCUT2D eigenvalue weighted by atomic mass is 10.0. The van der Waals surface area contributed by atoms with Gasteiger partial charge in [-0.2, -0.15) is 0 Å². The predicted octanol–water partition coefficient (Wildman–Crippen LogP) is 4.98. The highest BCUT2D eigenvalue weighted by Crippen LogP contribution is 2.28. The van der Waals surface area contributed by atoms with Gasteiger partial charge in [-0.25, -0.2) is 4.68 Å². The Labute approximate surface area is 230 Å². The van der Waals surface area contributed by atoms with Gasteiger partial charge in [0.2, 0.25) is 11.8 Å². The number of ether oxygens (including phenoxy) is 1. The summed E-state index contributed by atoms with van der Waals surface area (Å²) in [5, 5.41) is 13.4. The molecule has 3 aromatic carbocycles. The second kappa shape index (κ2) is 12.4. The molecule has 0 bridgehead atoms.